The van der Waals surface area contributed by atoms with Crippen molar-refractivity contribution in [3.63, 3.8) is 0 Å². The number of hydrogen-bond acceptors (Lipinski definition) is 4. The highest BCUT2D eigenvalue weighted by Crippen LogP contribution is 2.40. The summed E-state index contributed by atoms with van der Waals surface area (Å²) in [6.07, 6.45) is 3.86. The summed E-state index contributed by atoms with van der Waals surface area (Å²) in [5.74, 6) is 0.925. The van der Waals surface area contributed by atoms with E-state index >= 15 is 0 Å². The van der Waals surface area contributed by atoms with Gasteiger partial charge in [-0.15, -0.1) is 0 Å². The van der Waals surface area contributed by atoms with Gasteiger partial charge in [0, 0.05) is 11.3 Å². The zero-order valence-electron chi connectivity index (χ0n) is 12.3. The van der Waals surface area contributed by atoms with Crippen LogP contribution in [-0.4, -0.2) is 21.3 Å². The van der Waals surface area contributed by atoms with Crippen LogP contribution in [0.1, 0.15) is 42.3 Å². The van der Waals surface area contributed by atoms with Gasteiger partial charge in [0.25, 0.3) is 0 Å². The summed E-state index contributed by atoms with van der Waals surface area (Å²) in [6, 6.07) is 8.24. The molecule has 0 saturated heterocycles. The van der Waals surface area contributed by atoms with E-state index in [-0.39, 0.29) is 5.60 Å². The molecule has 1 saturated carbocycles. The summed E-state index contributed by atoms with van der Waals surface area (Å²) in [5, 5.41) is 0. The van der Waals surface area contributed by atoms with Gasteiger partial charge < -0.3 is 4.74 Å². The maximum atomic E-state index is 6.06. The predicted molar refractivity (Wildman–Crippen MR) is 80.8 cm³/mol. The lowest BCUT2D eigenvalue weighted by Gasteiger charge is -2.14. The Morgan fingerprint density at radius 3 is 2.76 bits per heavy atom. The Balaban J connectivity index is 1.70. The first-order valence-electron chi connectivity index (χ1n) is 7.29. The second kappa shape index (κ2) is 4.38. The van der Waals surface area contributed by atoms with E-state index in [9.17, 15) is 0 Å². The predicted octanol–water partition coefficient (Wildman–Crippen LogP) is 3.07. The topological polar surface area (TPSA) is 47.4 Å². The molecule has 4 heteroatoms. The highest BCUT2D eigenvalue weighted by atomic mass is 16.5. The molecule has 1 aromatic heterocycles. The molecule has 2 heterocycles. The minimum atomic E-state index is 0.0374. The molecule has 0 bridgehead atoms. The van der Waals surface area contributed by atoms with Crippen molar-refractivity contribution in [1.82, 2.24) is 9.97 Å². The van der Waals surface area contributed by atoms with Gasteiger partial charge in [0.15, 0.2) is 0 Å². The molecular formula is C17H17N3O. The fraction of sp³-hybridized carbons (Fsp3) is 0.353. The summed E-state index contributed by atoms with van der Waals surface area (Å²) in [4.78, 5) is 13.1. The monoisotopic (exact) mass is 279 g/mol. The number of aryl methyl sites for hydroxylation is 1. The van der Waals surface area contributed by atoms with Crippen LogP contribution in [0.3, 0.4) is 0 Å². The first kappa shape index (κ1) is 12.5. The van der Waals surface area contributed by atoms with Crippen molar-refractivity contribution >= 4 is 5.71 Å². The van der Waals surface area contributed by atoms with Gasteiger partial charge in [0.2, 0.25) is 0 Å². The molecule has 106 valence electrons. The molecule has 0 spiro atoms. The summed E-state index contributed by atoms with van der Waals surface area (Å²) in [5.41, 5.74) is 5.19. The van der Waals surface area contributed by atoms with Crippen molar-refractivity contribution < 1.29 is 4.74 Å². The van der Waals surface area contributed by atoms with Gasteiger partial charge >= 0.3 is 0 Å². The molecule has 0 radical (unpaired) electrons. The number of aromatic nitrogens is 2. The van der Waals surface area contributed by atoms with Crippen LogP contribution >= 0.6 is 0 Å². The molecule has 1 aliphatic carbocycles. The summed E-state index contributed by atoms with van der Waals surface area (Å²) >= 11 is 0. The molecular weight excluding hydrogens is 262 g/mol. The van der Waals surface area contributed by atoms with E-state index in [0.29, 0.717) is 6.54 Å². The summed E-state index contributed by atoms with van der Waals surface area (Å²) < 4.78 is 6.06. The van der Waals surface area contributed by atoms with E-state index in [2.05, 4.69) is 34.0 Å². The van der Waals surface area contributed by atoms with Crippen molar-refractivity contribution in [2.24, 2.45) is 4.99 Å². The SMILES string of the molecule is Cc1cc(C2=NCc3ccc(OC4(C)CC4)cc32)ncn1. The second-order valence-corrected chi connectivity index (χ2v) is 6.08. The number of aliphatic imine (C=N–C) groups is 1. The molecule has 0 atom stereocenters. The molecule has 21 heavy (non-hydrogen) atoms. The number of fused-ring (bicyclic) bond motifs is 1. The molecule has 0 amide bonds. The molecule has 0 N–H and O–H groups in total. The van der Waals surface area contributed by atoms with Gasteiger partial charge in [-0.3, -0.25) is 4.99 Å². The zero-order valence-corrected chi connectivity index (χ0v) is 12.3. The lowest BCUT2D eigenvalue weighted by Crippen LogP contribution is -2.13. The van der Waals surface area contributed by atoms with Crippen molar-refractivity contribution in [2.75, 3.05) is 0 Å². The van der Waals surface area contributed by atoms with Gasteiger partial charge in [0.1, 0.15) is 17.7 Å². The molecule has 0 unspecified atom stereocenters. The molecule has 1 fully saturated rings. The molecule has 1 aromatic carbocycles. The van der Waals surface area contributed by atoms with E-state index in [1.165, 1.54) is 5.56 Å². The fourth-order valence-electron chi connectivity index (χ4n) is 2.59. The standard InChI is InChI=1S/C17H17N3O/c1-11-7-15(20-10-19-11)16-14-8-13(21-17(2)5-6-17)4-3-12(14)9-18-16/h3-4,7-8,10H,5-6,9H2,1-2H3. The Morgan fingerprint density at radius 1 is 1.14 bits per heavy atom. The average Bonchev–Trinajstić information content (AvgIpc) is 3.04. The largest absolute Gasteiger partial charge is 0.488 e. The van der Waals surface area contributed by atoms with Gasteiger partial charge in [-0.25, -0.2) is 9.97 Å². The van der Waals surface area contributed by atoms with Crippen molar-refractivity contribution in [1.29, 1.82) is 0 Å². The minimum absolute atomic E-state index is 0.0374. The van der Waals surface area contributed by atoms with E-state index < -0.39 is 0 Å². The Labute approximate surface area is 123 Å². The summed E-state index contributed by atoms with van der Waals surface area (Å²) in [6.45, 7) is 4.84. The number of hydrogen-bond donors (Lipinski definition) is 0. The van der Waals surface area contributed by atoms with Crippen LogP contribution in [-0.2, 0) is 6.54 Å². The van der Waals surface area contributed by atoms with E-state index in [0.717, 1.165) is 41.3 Å². The second-order valence-electron chi connectivity index (χ2n) is 6.08. The molecule has 2 aromatic rings. The molecule has 4 rings (SSSR count). The maximum Gasteiger partial charge on any atom is 0.120 e. The van der Waals surface area contributed by atoms with Gasteiger partial charge in [0.05, 0.1) is 18.0 Å². The van der Waals surface area contributed by atoms with Crippen LogP contribution in [0.25, 0.3) is 0 Å². The van der Waals surface area contributed by atoms with Crippen molar-refractivity contribution in [3.8, 4) is 5.75 Å². The third-order valence-corrected chi connectivity index (χ3v) is 4.11. The smallest absolute Gasteiger partial charge is 0.120 e. The van der Waals surface area contributed by atoms with Crippen LogP contribution in [0.4, 0.5) is 0 Å². The zero-order chi connectivity index (χ0) is 14.4. The first-order valence-corrected chi connectivity index (χ1v) is 7.29. The number of rotatable bonds is 3. The Kier molecular flexibility index (Phi) is 2.61. The van der Waals surface area contributed by atoms with Gasteiger partial charge in [-0.2, -0.15) is 0 Å². The highest BCUT2D eigenvalue weighted by Gasteiger charge is 2.40. The Bertz CT molecular complexity index is 747. The number of benzene rings is 1. The fourth-order valence-corrected chi connectivity index (χ4v) is 2.59. The van der Waals surface area contributed by atoms with Crippen LogP contribution in [0.15, 0.2) is 35.6 Å². The normalized spacial score (nSPS) is 18.1. The average molecular weight is 279 g/mol. The van der Waals surface area contributed by atoms with E-state index in [1.807, 2.05) is 19.1 Å². The Morgan fingerprint density at radius 2 is 2.00 bits per heavy atom. The minimum Gasteiger partial charge on any atom is -0.488 e. The van der Waals surface area contributed by atoms with Gasteiger partial charge in [-0.05, 0) is 50.5 Å². The molecule has 1 aliphatic heterocycles. The van der Waals surface area contributed by atoms with Crippen LogP contribution < -0.4 is 4.74 Å². The van der Waals surface area contributed by atoms with E-state index in [1.54, 1.807) is 6.33 Å². The maximum absolute atomic E-state index is 6.06. The van der Waals surface area contributed by atoms with Crippen molar-refractivity contribution in [2.45, 2.75) is 38.8 Å². The quantitative estimate of drug-likeness (QED) is 0.867. The van der Waals surface area contributed by atoms with Crippen molar-refractivity contribution in [3.05, 3.63) is 53.1 Å². The summed E-state index contributed by atoms with van der Waals surface area (Å²) in [7, 11) is 0. The lowest BCUT2D eigenvalue weighted by atomic mass is 10.0. The Hall–Kier alpha value is -2.23. The highest BCUT2D eigenvalue weighted by molar-refractivity contribution is 6.14. The number of ether oxygens (including phenoxy) is 1. The van der Waals surface area contributed by atoms with E-state index in [4.69, 9.17) is 4.74 Å². The molecule has 4 nitrogen and oxygen atoms in total. The first-order chi connectivity index (χ1) is 10.1. The molecule has 2 aliphatic rings. The van der Waals surface area contributed by atoms with Crippen LogP contribution in [0, 0.1) is 6.92 Å². The number of nitrogens with zero attached hydrogens (tertiary/aromatic N) is 3. The third kappa shape index (κ3) is 2.31. The van der Waals surface area contributed by atoms with Crippen LogP contribution in [0.2, 0.25) is 0 Å². The lowest BCUT2D eigenvalue weighted by molar-refractivity contribution is 0.200. The van der Waals surface area contributed by atoms with Gasteiger partial charge in [-0.1, -0.05) is 6.07 Å². The third-order valence-electron chi connectivity index (χ3n) is 4.11. The van der Waals surface area contributed by atoms with Crippen LogP contribution in [0.5, 0.6) is 5.75 Å².